The minimum Gasteiger partial charge on any atom is -0.505 e. The standard InChI is InChI=1S/C8H10FNO2/c1-5-2-6(4-10-12)8(9)7(11)3-5/h2-3,10-12H,4H2,1H3. The van der Waals surface area contributed by atoms with Crippen molar-refractivity contribution in [3.63, 3.8) is 0 Å². The Balaban J connectivity index is 3.09. The first kappa shape index (κ1) is 8.96. The van der Waals surface area contributed by atoms with Gasteiger partial charge < -0.3 is 10.3 Å². The number of aromatic hydroxyl groups is 1. The summed E-state index contributed by atoms with van der Waals surface area (Å²) in [6, 6.07) is 2.88. The third-order valence-corrected chi connectivity index (χ3v) is 1.54. The summed E-state index contributed by atoms with van der Waals surface area (Å²) < 4.78 is 13.0. The molecule has 0 heterocycles. The summed E-state index contributed by atoms with van der Waals surface area (Å²) in [6.07, 6.45) is 0. The summed E-state index contributed by atoms with van der Waals surface area (Å²) in [4.78, 5) is 0. The van der Waals surface area contributed by atoms with Crippen LogP contribution in [0.15, 0.2) is 12.1 Å². The molecule has 0 aliphatic heterocycles. The van der Waals surface area contributed by atoms with E-state index in [-0.39, 0.29) is 17.9 Å². The van der Waals surface area contributed by atoms with Crippen LogP contribution in [-0.4, -0.2) is 10.3 Å². The molecule has 66 valence electrons. The molecule has 12 heavy (non-hydrogen) atoms. The van der Waals surface area contributed by atoms with Gasteiger partial charge in [0.1, 0.15) is 0 Å². The van der Waals surface area contributed by atoms with Gasteiger partial charge in [0.15, 0.2) is 11.6 Å². The number of aryl methyl sites for hydroxylation is 1. The van der Waals surface area contributed by atoms with Crippen molar-refractivity contribution in [2.45, 2.75) is 13.5 Å². The molecular weight excluding hydrogens is 161 g/mol. The van der Waals surface area contributed by atoms with Gasteiger partial charge in [0.25, 0.3) is 0 Å². The van der Waals surface area contributed by atoms with Crippen molar-refractivity contribution in [1.29, 1.82) is 0 Å². The summed E-state index contributed by atoms with van der Waals surface area (Å²) in [5.41, 5.74) is 2.82. The highest BCUT2D eigenvalue weighted by Gasteiger charge is 2.07. The lowest BCUT2D eigenvalue weighted by Crippen LogP contribution is -2.08. The van der Waals surface area contributed by atoms with Crippen LogP contribution in [0, 0.1) is 12.7 Å². The van der Waals surface area contributed by atoms with Crippen LogP contribution in [0.2, 0.25) is 0 Å². The maximum absolute atomic E-state index is 13.0. The molecule has 0 radical (unpaired) electrons. The number of phenols is 1. The van der Waals surface area contributed by atoms with Gasteiger partial charge in [0.2, 0.25) is 0 Å². The highest BCUT2D eigenvalue weighted by Crippen LogP contribution is 2.20. The van der Waals surface area contributed by atoms with Crippen LogP contribution in [0.4, 0.5) is 4.39 Å². The van der Waals surface area contributed by atoms with E-state index in [4.69, 9.17) is 10.3 Å². The Labute approximate surface area is 69.4 Å². The van der Waals surface area contributed by atoms with Crippen LogP contribution in [0.1, 0.15) is 11.1 Å². The summed E-state index contributed by atoms with van der Waals surface area (Å²) >= 11 is 0. The third-order valence-electron chi connectivity index (χ3n) is 1.54. The van der Waals surface area contributed by atoms with Gasteiger partial charge in [-0.25, -0.2) is 9.87 Å². The number of rotatable bonds is 2. The fraction of sp³-hybridized carbons (Fsp3) is 0.250. The lowest BCUT2D eigenvalue weighted by atomic mass is 10.1. The van der Waals surface area contributed by atoms with E-state index in [0.29, 0.717) is 0 Å². The number of hydrogen-bond donors (Lipinski definition) is 3. The maximum Gasteiger partial charge on any atom is 0.169 e. The summed E-state index contributed by atoms with van der Waals surface area (Å²) in [6.45, 7) is 1.72. The quantitative estimate of drug-likeness (QED) is 0.588. The van der Waals surface area contributed by atoms with E-state index in [0.717, 1.165) is 5.56 Å². The van der Waals surface area contributed by atoms with Gasteiger partial charge in [-0.15, -0.1) is 0 Å². The van der Waals surface area contributed by atoms with Crippen LogP contribution in [0.25, 0.3) is 0 Å². The molecular formula is C8H10FNO2. The van der Waals surface area contributed by atoms with Crippen molar-refractivity contribution in [2.75, 3.05) is 0 Å². The third kappa shape index (κ3) is 1.72. The highest BCUT2D eigenvalue weighted by molar-refractivity contribution is 5.34. The molecule has 3 nitrogen and oxygen atoms in total. The number of phenolic OH excluding ortho intramolecular Hbond substituents is 1. The van der Waals surface area contributed by atoms with Crippen molar-refractivity contribution in [1.82, 2.24) is 5.48 Å². The molecule has 0 aliphatic rings. The Morgan fingerprint density at radius 2 is 2.17 bits per heavy atom. The second-order valence-corrected chi connectivity index (χ2v) is 2.59. The van der Waals surface area contributed by atoms with Gasteiger partial charge in [-0.05, 0) is 18.6 Å². The summed E-state index contributed by atoms with van der Waals surface area (Å²) in [5.74, 6) is -1.08. The van der Waals surface area contributed by atoms with Crippen LogP contribution in [-0.2, 0) is 6.54 Å². The van der Waals surface area contributed by atoms with Crippen LogP contribution in [0.3, 0.4) is 0 Å². The van der Waals surface area contributed by atoms with Crippen molar-refractivity contribution in [3.05, 3.63) is 29.1 Å². The minimum atomic E-state index is -0.692. The molecule has 1 aromatic rings. The zero-order valence-corrected chi connectivity index (χ0v) is 6.63. The van der Waals surface area contributed by atoms with Gasteiger partial charge in [0.05, 0.1) is 0 Å². The minimum absolute atomic E-state index is 0.0128. The zero-order valence-electron chi connectivity index (χ0n) is 6.63. The number of hydroxylamine groups is 1. The normalized spacial score (nSPS) is 10.2. The van der Waals surface area contributed by atoms with Gasteiger partial charge in [0, 0.05) is 12.1 Å². The molecule has 0 spiro atoms. The predicted molar refractivity (Wildman–Crippen MR) is 41.4 cm³/mol. The fourth-order valence-corrected chi connectivity index (χ4v) is 1.04. The predicted octanol–water partition coefficient (Wildman–Crippen LogP) is 1.32. The molecule has 4 heteroatoms. The van der Waals surface area contributed by atoms with Crippen LogP contribution < -0.4 is 5.48 Å². The first-order valence-corrected chi connectivity index (χ1v) is 3.50. The Bertz CT molecular complexity index is 289. The largest absolute Gasteiger partial charge is 0.505 e. The summed E-state index contributed by atoms with van der Waals surface area (Å²) in [5, 5.41) is 17.4. The lowest BCUT2D eigenvalue weighted by molar-refractivity contribution is 0.159. The van der Waals surface area contributed by atoms with Gasteiger partial charge in [-0.1, -0.05) is 6.07 Å². The number of benzene rings is 1. The molecule has 0 aromatic heterocycles. The van der Waals surface area contributed by atoms with E-state index in [2.05, 4.69) is 0 Å². The van der Waals surface area contributed by atoms with Gasteiger partial charge in [-0.2, -0.15) is 0 Å². The second kappa shape index (κ2) is 3.51. The molecule has 0 aliphatic carbocycles. The Hall–Kier alpha value is -1.13. The first-order valence-electron chi connectivity index (χ1n) is 3.50. The molecule has 0 bridgehead atoms. The Kier molecular flexibility index (Phi) is 2.62. The molecule has 0 fully saturated rings. The average Bonchev–Trinajstić information content (AvgIpc) is 2.00. The van der Waals surface area contributed by atoms with Crippen molar-refractivity contribution < 1.29 is 14.7 Å². The maximum atomic E-state index is 13.0. The van der Waals surface area contributed by atoms with Crippen molar-refractivity contribution in [2.24, 2.45) is 0 Å². The smallest absolute Gasteiger partial charge is 0.169 e. The average molecular weight is 171 g/mol. The topological polar surface area (TPSA) is 52.5 Å². The monoisotopic (exact) mass is 171 g/mol. The molecule has 0 atom stereocenters. The Morgan fingerprint density at radius 3 is 2.75 bits per heavy atom. The molecule has 1 rings (SSSR count). The van der Waals surface area contributed by atoms with E-state index in [1.165, 1.54) is 6.07 Å². The van der Waals surface area contributed by atoms with Crippen LogP contribution in [0.5, 0.6) is 5.75 Å². The lowest BCUT2D eigenvalue weighted by Gasteiger charge is -2.04. The molecule has 0 saturated heterocycles. The molecule has 1 aromatic carbocycles. The van der Waals surface area contributed by atoms with E-state index in [9.17, 15) is 4.39 Å². The molecule has 0 saturated carbocycles. The first-order chi connectivity index (χ1) is 5.65. The molecule has 3 N–H and O–H groups in total. The van der Waals surface area contributed by atoms with E-state index < -0.39 is 5.82 Å². The van der Waals surface area contributed by atoms with Crippen molar-refractivity contribution in [3.8, 4) is 5.75 Å². The van der Waals surface area contributed by atoms with Gasteiger partial charge in [-0.3, -0.25) is 0 Å². The fourth-order valence-electron chi connectivity index (χ4n) is 1.04. The number of hydrogen-bond acceptors (Lipinski definition) is 3. The highest BCUT2D eigenvalue weighted by atomic mass is 19.1. The second-order valence-electron chi connectivity index (χ2n) is 2.59. The van der Waals surface area contributed by atoms with Gasteiger partial charge >= 0.3 is 0 Å². The van der Waals surface area contributed by atoms with E-state index in [1.54, 1.807) is 13.0 Å². The van der Waals surface area contributed by atoms with Crippen molar-refractivity contribution >= 4 is 0 Å². The van der Waals surface area contributed by atoms with Crippen LogP contribution >= 0.6 is 0 Å². The zero-order chi connectivity index (χ0) is 9.14. The van der Waals surface area contributed by atoms with E-state index >= 15 is 0 Å². The number of halogens is 1. The molecule has 0 amide bonds. The SMILES string of the molecule is Cc1cc(O)c(F)c(CNO)c1. The Morgan fingerprint density at radius 1 is 1.50 bits per heavy atom. The van der Waals surface area contributed by atoms with E-state index in [1.807, 2.05) is 5.48 Å². The molecule has 0 unspecified atom stereocenters. The summed E-state index contributed by atoms with van der Waals surface area (Å²) in [7, 11) is 0. The number of nitrogens with one attached hydrogen (secondary N) is 1.